The first kappa shape index (κ1) is 13.1. The lowest BCUT2D eigenvalue weighted by Gasteiger charge is -2.32. The average Bonchev–Trinajstić information content (AvgIpc) is 2.90. The van der Waals surface area contributed by atoms with E-state index in [9.17, 15) is 4.79 Å². The fraction of sp³-hybridized carbons (Fsp3) is 0.462. The summed E-state index contributed by atoms with van der Waals surface area (Å²) in [5, 5.41) is 0. The minimum absolute atomic E-state index is 0.00170. The van der Waals surface area contributed by atoms with E-state index in [2.05, 4.69) is 20.2 Å². The summed E-state index contributed by atoms with van der Waals surface area (Å²) in [5.74, 6) is 0.285. The second-order valence-corrected chi connectivity index (χ2v) is 6.54. The van der Waals surface area contributed by atoms with Gasteiger partial charge >= 0.3 is 0 Å². The fourth-order valence-corrected chi connectivity index (χ4v) is 3.78. The molecule has 2 N–H and O–H groups in total. The lowest BCUT2D eigenvalue weighted by molar-refractivity contribution is -0.643. The molecule has 0 saturated carbocycles. The van der Waals surface area contributed by atoms with Crippen LogP contribution >= 0.6 is 11.3 Å². The Hall–Kier alpha value is -1.89. The maximum Gasteiger partial charge on any atom is 0.244 e. The largest absolute Gasteiger partial charge is 0.369 e. The van der Waals surface area contributed by atoms with E-state index in [-0.39, 0.29) is 11.9 Å². The zero-order chi connectivity index (χ0) is 14.7. The van der Waals surface area contributed by atoms with Crippen molar-refractivity contribution in [3.8, 4) is 0 Å². The van der Waals surface area contributed by atoms with Crippen LogP contribution in [0, 0.1) is 0 Å². The molecule has 0 fully saturated rings. The number of rotatable bonds is 1. The number of fused-ring (bicyclic) bond motifs is 1. The Kier molecular flexibility index (Phi) is 2.66. The van der Waals surface area contributed by atoms with Crippen LogP contribution in [0.1, 0.15) is 18.2 Å². The molecule has 0 saturated heterocycles. The predicted molar refractivity (Wildman–Crippen MR) is 78.3 cm³/mol. The highest BCUT2D eigenvalue weighted by atomic mass is 32.1. The van der Waals surface area contributed by atoms with Crippen molar-refractivity contribution in [2.45, 2.75) is 18.9 Å². The molecular weight excluding hydrogens is 274 g/mol. The molecule has 2 aromatic heterocycles. The topological polar surface area (TPSA) is 67.5 Å². The third-order valence-electron chi connectivity index (χ3n) is 3.85. The van der Waals surface area contributed by atoms with Gasteiger partial charge in [0.15, 0.2) is 11.5 Å². The van der Waals surface area contributed by atoms with Crippen molar-refractivity contribution in [1.29, 1.82) is 0 Å². The molecule has 0 aliphatic carbocycles. The highest BCUT2D eigenvalue weighted by Gasteiger charge is 2.38. The fourth-order valence-electron chi connectivity index (χ4n) is 2.57. The summed E-state index contributed by atoms with van der Waals surface area (Å²) in [6.45, 7) is 1.97. The summed E-state index contributed by atoms with van der Waals surface area (Å²) in [4.78, 5) is 20.2. The average molecular weight is 292 g/mol. The monoisotopic (exact) mass is 292 g/mol. The summed E-state index contributed by atoms with van der Waals surface area (Å²) in [7, 11) is 5.69. The first-order chi connectivity index (χ1) is 9.32. The van der Waals surface area contributed by atoms with Crippen molar-refractivity contribution in [2.24, 2.45) is 24.8 Å². The summed E-state index contributed by atoms with van der Waals surface area (Å²) in [6.07, 6.45) is 2.38. The Morgan fingerprint density at radius 1 is 1.50 bits per heavy atom. The second kappa shape index (κ2) is 4.05. The van der Waals surface area contributed by atoms with Crippen LogP contribution in [0.4, 0.5) is 0 Å². The van der Waals surface area contributed by atoms with Crippen molar-refractivity contribution in [3.05, 3.63) is 17.3 Å². The number of nitrogens with zero attached hydrogens (tertiary/aromatic N) is 4. The van der Waals surface area contributed by atoms with Gasteiger partial charge in [0.25, 0.3) is 0 Å². The van der Waals surface area contributed by atoms with Crippen LogP contribution in [-0.2, 0) is 24.4 Å². The van der Waals surface area contributed by atoms with E-state index < -0.39 is 5.54 Å². The van der Waals surface area contributed by atoms with E-state index in [1.165, 1.54) is 9.73 Å². The number of nitrogens with two attached hydrogens (primary N) is 1. The first-order valence-electron chi connectivity index (χ1n) is 6.39. The number of amides is 1. The molecule has 7 heteroatoms. The van der Waals surface area contributed by atoms with E-state index >= 15 is 0 Å². The molecule has 1 atom stereocenters. The highest BCUT2D eigenvalue weighted by molar-refractivity contribution is 7.18. The predicted octanol–water partition coefficient (Wildman–Crippen LogP) is 0.456. The summed E-state index contributed by atoms with van der Waals surface area (Å²) < 4.78 is 4.15. The van der Waals surface area contributed by atoms with Gasteiger partial charge in [-0.05, 0) is 6.92 Å². The van der Waals surface area contributed by atoms with Gasteiger partial charge in [-0.2, -0.15) is 0 Å². The van der Waals surface area contributed by atoms with E-state index in [1.54, 1.807) is 18.4 Å². The van der Waals surface area contributed by atoms with Gasteiger partial charge in [-0.1, -0.05) is 11.3 Å². The molecule has 6 nitrogen and oxygen atoms in total. The van der Waals surface area contributed by atoms with Crippen molar-refractivity contribution < 1.29 is 9.36 Å². The molecule has 1 aliphatic rings. The summed E-state index contributed by atoms with van der Waals surface area (Å²) >= 11 is 1.66. The normalized spacial score (nSPS) is 23.5. The Bertz CT molecular complexity index is 709. The lowest BCUT2D eigenvalue weighted by Crippen LogP contribution is -2.47. The molecule has 0 unspecified atom stereocenters. The summed E-state index contributed by atoms with van der Waals surface area (Å²) in [5.41, 5.74) is 6.44. The number of hydrogen-bond acceptors (Lipinski definition) is 4. The maximum atomic E-state index is 12.0. The summed E-state index contributed by atoms with van der Waals surface area (Å²) in [6, 6.07) is 2.11. The minimum atomic E-state index is -0.565. The van der Waals surface area contributed by atoms with Crippen LogP contribution in [0.5, 0.6) is 0 Å². The van der Waals surface area contributed by atoms with Crippen LogP contribution in [0.3, 0.4) is 0 Å². The molecule has 2 aromatic rings. The molecule has 3 heterocycles. The first-order valence-corrected chi connectivity index (χ1v) is 7.20. The third kappa shape index (κ3) is 1.73. The number of aliphatic imine (C=N–C) groups is 1. The number of aromatic nitrogens is 2. The number of carbonyl (C=O) groups is 1. The van der Waals surface area contributed by atoms with Crippen molar-refractivity contribution in [3.63, 3.8) is 0 Å². The molecule has 20 heavy (non-hydrogen) atoms. The lowest BCUT2D eigenvalue weighted by atomic mass is 9.94. The number of hydrogen-bond donors (Lipinski definition) is 1. The molecular formula is C13H18N5OS+. The van der Waals surface area contributed by atoms with E-state index in [0.29, 0.717) is 6.42 Å². The number of imidazole rings is 1. The van der Waals surface area contributed by atoms with Gasteiger partial charge in [0.1, 0.15) is 5.54 Å². The molecule has 106 valence electrons. The number of thiophene rings is 1. The zero-order valence-corrected chi connectivity index (χ0v) is 12.9. The SMILES string of the molecule is CN1C(=O)C[C@@](C)(c2cc3c(s2)[n+](C)cn3C)N=C1N. The second-order valence-electron chi connectivity index (χ2n) is 5.51. The van der Waals surface area contributed by atoms with Gasteiger partial charge in [-0.25, -0.2) is 14.1 Å². The Morgan fingerprint density at radius 2 is 2.20 bits per heavy atom. The van der Waals surface area contributed by atoms with Crippen LogP contribution in [-0.4, -0.2) is 28.4 Å². The van der Waals surface area contributed by atoms with Crippen LogP contribution in [0.2, 0.25) is 0 Å². The van der Waals surface area contributed by atoms with Gasteiger partial charge in [0, 0.05) is 18.0 Å². The molecule has 1 amide bonds. The van der Waals surface area contributed by atoms with Crippen LogP contribution < -0.4 is 10.3 Å². The molecule has 0 aromatic carbocycles. The number of aryl methyl sites for hydroxylation is 2. The molecule has 0 radical (unpaired) electrons. The van der Waals surface area contributed by atoms with Crippen molar-refractivity contribution in [1.82, 2.24) is 9.47 Å². The Labute approximate surface area is 121 Å². The third-order valence-corrected chi connectivity index (χ3v) is 5.31. The smallest absolute Gasteiger partial charge is 0.244 e. The van der Waals surface area contributed by atoms with Gasteiger partial charge in [0.2, 0.25) is 17.1 Å². The molecule has 0 spiro atoms. The van der Waals surface area contributed by atoms with Gasteiger partial charge in [-0.3, -0.25) is 9.69 Å². The quantitative estimate of drug-likeness (QED) is 0.776. The van der Waals surface area contributed by atoms with Crippen LogP contribution in [0.25, 0.3) is 10.3 Å². The Balaban J connectivity index is 2.14. The van der Waals surface area contributed by atoms with Gasteiger partial charge in [-0.15, -0.1) is 0 Å². The molecule has 1 aliphatic heterocycles. The van der Waals surface area contributed by atoms with E-state index in [0.717, 1.165) is 10.4 Å². The van der Waals surface area contributed by atoms with Gasteiger partial charge in [0.05, 0.1) is 20.5 Å². The number of guanidine groups is 1. The highest BCUT2D eigenvalue weighted by Crippen LogP contribution is 2.38. The molecule has 3 rings (SSSR count). The Morgan fingerprint density at radius 3 is 2.80 bits per heavy atom. The maximum absolute atomic E-state index is 12.0. The van der Waals surface area contributed by atoms with E-state index in [1.807, 2.05) is 27.3 Å². The number of carbonyl (C=O) groups excluding carboxylic acids is 1. The van der Waals surface area contributed by atoms with E-state index in [4.69, 9.17) is 5.73 Å². The van der Waals surface area contributed by atoms with Crippen molar-refractivity contribution in [2.75, 3.05) is 7.05 Å². The minimum Gasteiger partial charge on any atom is -0.369 e. The zero-order valence-electron chi connectivity index (χ0n) is 12.0. The van der Waals surface area contributed by atoms with Crippen LogP contribution in [0.15, 0.2) is 17.4 Å². The van der Waals surface area contributed by atoms with Crippen molar-refractivity contribution >= 4 is 33.6 Å². The standard InChI is InChI=1S/C13H18N5OS/c1-13(6-10(19)18(4)12(14)15-13)9-5-8-11(20-9)17(3)7-16(8)2/h5,7H,6H2,1-4H3,(H2,14,15)/q+1/t13-/m0/s1. The molecule has 0 bridgehead atoms. The van der Waals surface area contributed by atoms with Gasteiger partial charge < -0.3 is 5.73 Å².